The van der Waals surface area contributed by atoms with E-state index in [1.54, 1.807) is 6.92 Å². The molecule has 98 valence electrons. The quantitative estimate of drug-likeness (QED) is 0.776. The highest BCUT2D eigenvalue weighted by Gasteiger charge is 2.20. The molecular formula is C11H13NO4S2. The molecule has 0 N–H and O–H groups in total. The Morgan fingerprint density at radius 2 is 1.94 bits per heavy atom. The molecule has 0 aliphatic rings. The van der Waals surface area contributed by atoms with E-state index in [1.165, 1.54) is 18.4 Å². The molecule has 0 saturated heterocycles. The Hall–Kier alpha value is -1.34. The zero-order valence-corrected chi connectivity index (χ0v) is 11.9. The molecule has 7 heteroatoms. The third-order valence-corrected chi connectivity index (χ3v) is 4.60. The Morgan fingerprint density at radius 1 is 1.39 bits per heavy atom. The van der Waals surface area contributed by atoms with Crippen LogP contribution in [0.1, 0.15) is 15.9 Å². The molecule has 0 bridgehead atoms. The van der Waals surface area contributed by atoms with E-state index in [2.05, 4.69) is 11.7 Å². The minimum Gasteiger partial charge on any atom is -0.267 e. The number of hydrogen-bond donors (Lipinski definition) is 0. The molecule has 0 aliphatic carbocycles. The van der Waals surface area contributed by atoms with E-state index in [-0.39, 0.29) is 15.4 Å². The van der Waals surface area contributed by atoms with E-state index in [9.17, 15) is 17.4 Å². The van der Waals surface area contributed by atoms with Crippen LogP contribution in [0, 0.1) is 6.92 Å². The molecule has 1 rings (SSSR count). The normalized spacial score (nSPS) is 13.1. The summed E-state index contributed by atoms with van der Waals surface area (Å²) in [5.74, 6) is -0.606. The highest BCUT2D eigenvalue weighted by Crippen LogP contribution is 2.24. The van der Waals surface area contributed by atoms with Crippen LogP contribution in [0.5, 0.6) is 0 Å². The van der Waals surface area contributed by atoms with Gasteiger partial charge in [0.1, 0.15) is 0 Å². The largest absolute Gasteiger partial charge is 0.276 e. The molecular weight excluding hydrogens is 274 g/mol. The summed E-state index contributed by atoms with van der Waals surface area (Å²) in [6.07, 6.45) is 2.39. The van der Waals surface area contributed by atoms with E-state index in [4.69, 9.17) is 0 Å². The van der Waals surface area contributed by atoms with E-state index in [0.29, 0.717) is 5.56 Å². The molecule has 1 aromatic carbocycles. The van der Waals surface area contributed by atoms with Gasteiger partial charge in [0.05, 0.1) is 20.6 Å². The Morgan fingerprint density at radius 3 is 2.33 bits per heavy atom. The lowest BCUT2D eigenvalue weighted by molar-refractivity contribution is 0.100. The van der Waals surface area contributed by atoms with Crippen molar-refractivity contribution in [3.8, 4) is 0 Å². The molecule has 0 spiro atoms. The number of carbonyl (C=O) groups excluding carboxylic acids is 1. The number of carbonyl (C=O) groups is 1. The van der Waals surface area contributed by atoms with Crippen molar-refractivity contribution < 1.29 is 17.4 Å². The number of aryl methyl sites for hydroxylation is 1. The third-order valence-electron chi connectivity index (χ3n) is 2.37. The second-order valence-electron chi connectivity index (χ2n) is 3.80. The van der Waals surface area contributed by atoms with Crippen molar-refractivity contribution >= 4 is 33.3 Å². The Bertz CT molecular complexity index is 647. The van der Waals surface area contributed by atoms with Crippen LogP contribution in [0.25, 0.3) is 0 Å². The number of rotatable bonds is 3. The molecule has 5 nitrogen and oxygen atoms in total. The first-order valence-corrected chi connectivity index (χ1v) is 8.32. The minimum atomic E-state index is -3.57. The fourth-order valence-corrected chi connectivity index (χ4v) is 3.74. The topological polar surface area (TPSA) is 80.6 Å². The van der Waals surface area contributed by atoms with Crippen LogP contribution < -0.4 is 0 Å². The standard InChI is InChI=1S/C11H13NO4S2/c1-7-5-9(17(3)14)10(18(4,15)16)6-8(7)11(13)12-2/h5-6H,2H2,1,3-4H3. The maximum absolute atomic E-state index is 11.6. The van der Waals surface area contributed by atoms with Gasteiger partial charge in [0.25, 0.3) is 5.91 Å². The lowest BCUT2D eigenvalue weighted by Gasteiger charge is -2.09. The third kappa shape index (κ3) is 2.91. The monoisotopic (exact) mass is 287 g/mol. The molecule has 1 unspecified atom stereocenters. The Kier molecular flexibility index (Phi) is 4.18. The number of hydrogen-bond acceptors (Lipinski definition) is 4. The van der Waals surface area contributed by atoms with Crippen molar-refractivity contribution in [3.05, 3.63) is 23.3 Å². The van der Waals surface area contributed by atoms with Crippen LogP contribution in [-0.4, -0.2) is 37.8 Å². The lowest BCUT2D eigenvalue weighted by atomic mass is 10.1. The highest BCUT2D eigenvalue weighted by molar-refractivity contribution is 7.92. The first-order valence-electron chi connectivity index (χ1n) is 4.87. The SMILES string of the molecule is C=NC(=O)c1cc(S(C)(=O)=O)c(S(C)=O)cc1C. The van der Waals surface area contributed by atoms with Crippen molar-refractivity contribution in [3.63, 3.8) is 0 Å². The number of amides is 1. The van der Waals surface area contributed by atoms with Crippen LogP contribution in [0.4, 0.5) is 0 Å². The van der Waals surface area contributed by atoms with Crippen molar-refractivity contribution in [1.82, 2.24) is 0 Å². The molecule has 1 atom stereocenters. The fourth-order valence-electron chi connectivity index (χ4n) is 1.49. The van der Waals surface area contributed by atoms with Crippen LogP contribution in [0.2, 0.25) is 0 Å². The predicted molar refractivity (Wildman–Crippen MR) is 70.5 cm³/mol. The maximum atomic E-state index is 11.6. The lowest BCUT2D eigenvalue weighted by Crippen LogP contribution is -2.08. The zero-order chi connectivity index (χ0) is 14.1. The Balaban J connectivity index is 3.72. The summed E-state index contributed by atoms with van der Waals surface area (Å²) in [6.45, 7) is 4.74. The minimum absolute atomic E-state index is 0.110. The van der Waals surface area contributed by atoms with Gasteiger partial charge in [0.15, 0.2) is 9.84 Å². The van der Waals surface area contributed by atoms with E-state index in [1.807, 2.05) is 0 Å². The van der Waals surface area contributed by atoms with Crippen molar-refractivity contribution in [2.75, 3.05) is 12.5 Å². The molecule has 1 aromatic rings. The number of nitrogens with zero attached hydrogens (tertiary/aromatic N) is 1. The van der Waals surface area contributed by atoms with E-state index < -0.39 is 26.5 Å². The van der Waals surface area contributed by atoms with Gasteiger partial charge < -0.3 is 0 Å². The van der Waals surface area contributed by atoms with Gasteiger partial charge in [-0.25, -0.2) is 13.4 Å². The first kappa shape index (κ1) is 14.7. The van der Waals surface area contributed by atoms with Gasteiger partial charge in [0.2, 0.25) is 0 Å². The second kappa shape index (κ2) is 5.11. The molecule has 0 saturated carbocycles. The van der Waals surface area contributed by atoms with Gasteiger partial charge in [-0.3, -0.25) is 9.00 Å². The van der Waals surface area contributed by atoms with E-state index >= 15 is 0 Å². The summed E-state index contributed by atoms with van der Waals surface area (Å²) < 4.78 is 34.8. The molecule has 0 aromatic heterocycles. The smallest absolute Gasteiger partial charge is 0.267 e. The van der Waals surface area contributed by atoms with Gasteiger partial charge in [-0.1, -0.05) is 0 Å². The van der Waals surface area contributed by atoms with Crippen LogP contribution >= 0.6 is 0 Å². The molecule has 0 radical (unpaired) electrons. The highest BCUT2D eigenvalue weighted by atomic mass is 32.2. The summed E-state index contributed by atoms with van der Waals surface area (Å²) in [6, 6.07) is 2.64. The van der Waals surface area contributed by atoms with Gasteiger partial charge in [-0.2, -0.15) is 0 Å². The average Bonchev–Trinajstić information content (AvgIpc) is 2.25. The zero-order valence-electron chi connectivity index (χ0n) is 10.3. The molecule has 0 heterocycles. The predicted octanol–water partition coefficient (Wildman–Crippen LogP) is 0.977. The molecule has 1 amide bonds. The summed E-state index contributed by atoms with van der Waals surface area (Å²) >= 11 is 0. The van der Waals surface area contributed by atoms with Crippen LogP contribution in [0.3, 0.4) is 0 Å². The fraction of sp³-hybridized carbons (Fsp3) is 0.273. The van der Waals surface area contributed by atoms with Gasteiger partial charge in [-0.15, -0.1) is 0 Å². The summed E-state index contributed by atoms with van der Waals surface area (Å²) in [4.78, 5) is 14.8. The maximum Gasteiger partial charge on any atom is 0.276 e. The number of aliphatic imine (C=N–C) groups is 1. The van der Waals surface area contributed by atoms with Crippen molar-refractivity contribution in [2.24, 2.45) is 4.99 Å². The average molecular weight is 287 g/mol. The van der Waals surface area contributed by atoms with Crippen LogP contribution in [0.15, 0.2) is 26.9 Å². The molecule has 18 heavy (non-hydrogen) atoms. The van der Waals surface area contributed by atoms with Gasteiger partial charge in [0, 0.05) is 18.1 Å². The van der Waals surface area contributed by atoms with Gasteiger partial charge >= 0.3 is 0 Å². The van der Waals surface area contributed by atoms with Crippen molar-refractivity contribution in [1.29, 1.82) is 0 Å². The first-order chi connectivity index (χ1) is 8.18. The van der Waals surface area contributed by atoms with E-state index in [0.717, 1.165) is 6.26 Å². The summed E-state index contributed by atoms with van der Waals surface area (Å²) in [7, 11) is -5.02. The second-order valence-corrected chi connectivity index (χ2v) is 7.14. The van der Waals surface area contributed by atoms with Crippen LogP contribution in [-0.2, 0) is 20.6 Å². The number of benzene rings is 1. The molecule has 0 fully saturated rings. The van der Waals surface area contributed by atoms with Crippen molar-refractivity contribution in [2.45, 2.75) is 16.7 Å². The summed E-state index contributed by atoms with van der Waals surface area (Å²) in [5, 5.41) is 0. The summed E-state index contributed by atoms with van der Waals surface area (Å²) in [5.41, 5.74) is 0.671. The Labute approximate surface area is 108 Å². The van der Waals surface area contributed by atoms with Gasteiger partial charge in [-0.05, 0) is 31.3 Å². The molecule has 0 aliphatic heterocycles. The number of sulfone groups is 1.